The Bertz CT molecular complexity index is 413. The Labute approximate surface area is 88.5 Å². The second-order valence-corrected chi connectivity index (χ2v) is 3.70. The molecule has 0 aliphatic heterocycles. The Kier molecular flexibility index (Phi) is 2.33. The fourth-order valence-corrected chi connectivity index (χ4v) is 1.39. The topological polar surface area (TPSA) is 30.7 Å². The molecule has 5 heteroatoms. The molecule has 0 saturated carbocycles. The van der Waals surface area contributed by atoms with Gasteiger partial charge in [-0.25, -0.2) is 9.67 Å². The molecular weight excluding hydrogens is 253 g/mol. The van der Waals surface area contributed by atoms with Crippen LogP contribution in [0.1, 0.15) is 0 Å². The third kappa shape index (κ3) is 1.73. The number of benzene rings is 1. The van der Waals surface area contributed by atoms with Gasteiger partial charge in [0.25, 0.3) is 0 Å². The lowest BCUT2D eigenvalue weighted by Crippen LogP contribution is -1.93. The molecule has 1 aromatic carbocycles. The quantitative estimate of drug-likeness (QED) is 0.787. The van der Waals surface area contributed by atoms with Gasteiger partial charge >= 0.3 is 0 Å². The van der Waals surface area contributed by atoms with Crippen molar-refractivity contribution in [3.63, 3.8) is 0 Å². The van der Waals surface area contributed by atoms with Crippen LogP contribution in [0.15, 0.2) is 35.3 Å². The second kappa shape index (κ2) is 3.47. The average Bonchev–Trinajstić information content (AvgIpc) is 2.62. The zero-order valence-electron chi connectivity index (χ0n) is 6.48. The summed E-state index contributed by atoms with van der Waals surface area (Å²) in [5.74, 6) is 0. The highest BCUT2D eigenvalue weighted by Gasteiger charge is 2.00. The summed E-state index contributed by atoms with van der Waals surface area (Å²) in [7, 11) is 0. The van der Waals surface area contributed by atoms with Crippen LogP contribution in [0.4, 0.5) is 0 Å². The minimum atomic E-state index is 0.660. The maximum Gasteiger partial charge on any atom is 0.138 e. The van der Waals surface area contributed by atoms with Gasteiger partial charge in [-0.2, -0.15) is 5.10 Å². The lowest BCUT2D eigenvalue weighted by Gasteiger charge is -2.01. The molecule has 1 aromatic heterocycles. The molecule has 0 aliphatic carbocycles. The van der Waals surface area contributed by atoms with Gasteiger partial charge in [-0.3, -0.25) is 0 Å². The summed E-state index contributed by atoms with van der Waals surface area (Å²) in [6.45, 7) is 0. The molecule has 3 nitrogen and oxygen atoms in total. The van der Waals surface area contributed by atoms with E-state index in [9.17, 15) is 0 Å². The van der Waals surface area contributed by atoms with E-state index >= 15 is 0 Å². The highest BCUT2D eigenvalue weighted by molar-refractivity contribution is 9.10. The van der Waals surface area contributed by atoms with Gasteiger partial charge in [0, 0.05) is 4.47 Å². The molecule has 0 atom stereocenters. The van der Waals surface area contributed by atoms with E-state index in [1.807, 2.05) is 18.2 Å². The van der Waals surface area contributed by atoms with Crippen LogP contribution in [-0.4, -0.2) is 14.8 Å². The van der Waals surface area contributed by atoms with Crippen molar-refractivity contribution in [1.82, 2.24) is 14.8 Å². The normalized spacial score (nSPS) is 10.3. The zero-order chi connectivity index (χ0) is 9.26. The van der Waals surface area contributed by atoms with Gasteiger partial charge in [-0.15, -0.1) is 0 Å². The van der Waals surface area contributed by atoms with Crippen LogP contribution in [0.2, 0.25) is 5.02 Å². The predicted molar refractivity (Wildman–Crippen MR) is 54.1 cm³/mol. The van der Waals surface area contributed by atoms with Crippen LogP contribution < -0.4 is 0 Å². The molecule has 0 saturated heterocycles. The van der Waals surface area contributed by atoms with Crippen LogP contribution in [0.3, 0.4) is 0 Å². The van der Waals surface area contributed by atoms with E-state index in [1.54, 1.807) is 11.0 Å². The van der Waals surface area contributed by atoms with E-state index in [-0.39, 0.29) is 0 Å². The molecule has 66 valence electrons. The fourth-order valence-electron chi connectivity index (χ4n) is 0.969. The first-order chi connectivity index (χ1) is 6.27. The Hall–Kier alpha value is -0.870. The Morgan fingerprint density at radius 3 is 2.85 bits per heavy atom. The van der Waals surface area contributed by atoms with E-state index < -0.39 is 0 Å². The molecule has 0 aliphatic rings. The van der Waals surface area contributed by atoms with Crippen LogP contribution in [-0.2, 0) is 0 Å². The summed E-state index contributed by atoms with van der Waals surface area (Å²) >= 11 is 9.24. The minimum absolute atomic E-state index is 0.660. The Balaban J connectivity index is 2.49. The molecule has 2 aromatic rings. The first kappa shape index (κ1) is 8.72. The SMILES string of the molecule is Clc1cc(-n2cncn2)ccc1Br. The number of hydrogen-bond acceptors (Lipinski definition) is 2. The Morgan fingerprint density at radius 1 is 1.38 bits per heavy atom. The summed E-state index contributed by atoms with van der Waals surface area (Å²) < 4.78 is 2.52. The second-order valence-electron chi connectivity index (χ2n) is 2.44. The average molecular weight is 259 g/mol. The predicted octanol–water partition coefficient (Wildman–Crippen LogP) is 2.68. The fraction of sp³-hybridized carbons (Fsp3) is 0. The molecule has 0 spiro atoms. The van der Waals surface area contributed by atoms with Crippen molar-refractivity contribution in [3.05, 3.63) is 40.3 Å². The van der Waals surface area contributed by atoms with Crippen molar-refractivity contribution in [2.75, 3.05) is 0 Å². The molecule has 0 amide bonds. The maximum atomic E-state index is 5.92. The van der Waals surface area contributed by atoms with E-state index in [0.29, 0.717) is 5.02 Å². The van der Waals surface area contributed by atoms with Crippen molar-refractivity contribution in [2.24, 2.45) is 0 Å². The number of rotatable bonds is 1. The standard InChI is InChI=1S/C8H5BrClN3/c9-7-2-1-6(3-8(7)10)13-5-11-4-12-13/h1-5H. The third-order valence-electron chi connectivity index (χ3n) is 1.59. The summed E-state index contributed by atoms with van der Waals surface area (Å²) in [6, 6.07) is 5.60. The molecule has 0 radical (unpaired) electrons. The van der Waals surface area contributed by atoms with Gasteiger partial charge < -0.3 is 0 Å². The number of hydrogen-bond donors (Lipinski definition) is 0. The zero-order valence-corrected chi connectivity index (χ0v) is 8.83. The van der Waals surface area contributed by atoms with Gasteiger partial charge in [0.05, 0.1) is 10.7 Å². The number of aromatic nitrogens is 3. The van der Waals surface area contributed by atoms with Gasteiger partial charge in [0.1, 0.15) is 12.7 Å². The lowest BCUT2D eigenvalue weighted by molar-refractivity contribution is 0.879. The molecule has 0 bridgehead atoms. The molecule has 0 N–H and O–H groups in total. The van der Waals surface area contributed by atoms with Crippen molar-refractivity contribution >= 4 is 27.5 Å². The summed E-state index contributed by atoms with van der Waals surface area (Å²) in [4.78, 5) is 3.85. The molecule has 2 rings (SSSR count). The van der Waals surface area contributed by atoms with Gasteiger partial charge in [-0.05, 0) is 34.1 Å². The molecule has 1 heterocycles. The van der Waals surface area contributed by atoms with E-state index in [0.717, 1.165) is 10.2 Å². The minimum Gasteiger partial charge on any atom is -0.223 e. The van der Waals surface area contributed by atoms with Crippen molar-refractivity contribution in [2.45, 2.75) is 0 Å². The third-order valence-corrected chi connectivity index (χ3v) is 2.82. The first-order valence-corrected chi connectivity index (χ1v) is 4.74. The van der Waals surface area contributed by atoms with E-state index in [2.05, 4.69) is 26.0 Å². The summed E-state index contributed by atoms with van der Waals surface area (Å²) in [6.07, 6.45) is 3.11. The monoisotopic (exact) mass is 257 g/mol. The highest BCUT2D eigenvalue weighted by atomic mass is 79.9. The molecule has 0 fully saturated rings. The smallest absolute Gasteiger partial charge is 0.138 e. The van der Waals surface area contributed by atoms with Crippen molar-refractivity contribution in [1.29, 1.82) is 0 Å². The highest BCUT2D eigenvalue weighted by Crippen LogP contribution is 2.24. The lowest BCUT2D eigenvalue weighted by atomic mass is 10.3. The summed E-state index contributed by atoms with van der Waals surface area (Å²) in [5, 5.41) is 4.65. The first-order valence-electron chi connectivity index (χ1n) is 3.57. The molecular formula is C8H5BrClN3. The molecule has 0 unspecified atom stereocenters. The van der Waals surface area contributed by atoms with Gasteiger partial charge in [0.15, 0.2) is 0 Å². The largest absolute Gasteiger partial charge is 0.223 e. The van der Waals surface area contributed by atoms with Crippen LogP contribution in [0.25, 0.3) is 5.69 Å². The number of halogens is 2. The number of nitrogens with zero attached hydrogens (tertiary/aromatic N) is 3. The van der Waals surface area contributed by atoms with Gasteiger partial charge in [0.2, 0.25) is 0 Å². The summed E-state index contributed by atoms with van der Waals surface area (Å²) in [5.41, 5.74) is 0.894. The van der Waals surface area contributed by atoms with Crippen molar-refractivity contribution in [3.8, 4) is 5.69 Å². The Morgan fingerprint density at radius 2 is 2.23 bits per heavy atom. The molecule has 13 heavy (non-hydrogen) atoms. The van der Waals surface area contributed by atoms with Crippen molar-refractivity contribution < 1.29 is 0 Å². The van der Waals surface area contributed by atoms with Crippen LogP contribution >= 0.6 is 27.5 Å². The van der Waals surface area contributed by atoms with Gasteiger partial charge in [-0.1, -0.05) is 11.6 Å². The van der Waals surface area contributed by atoms with E-state index in [4.69, 9.17) is 11.6 Å². The van der Waals surface area contributed by atoms with Crippen LogP contribution in [0.5, 0.6) is 0 Å². The van der Waals surface area contributed by atoms with Crippen LogP contribution in [0, 0.1) is 0 Å². The maximum absolute atomic E-state index is 5.92. The van der Waals surface area contributed by atoms with E-state index in [1.165, 1.54) is 6.33 Å².